The number of hydrogen-bond acceptors (Lipinski definition) is 5. The molecule has 2 N–H and O–H groups in total. The summed E-state index contributed by atoms with van der Waals surface area (Å²) >= 11 is 0. The number of nitrogens with one attached hydrogen (secondary N) is 2. The van der Waals surface area contributed by atoms with Crippen LogP contribution in [0.1, 0.15) is 33.1 Å². The second kappa shape index (κ2) is 6.51. The van der Waals surface area contributed by atoms with Crippen LogP contribution in [0, 0.1) is 16.7 Å². The first kappa shape index (κ1) is 19.1. The zero-order valence-electron chi connectivity index (χ0n) is 14.9. The highest BCUT2D eigenvalue weighted by Gasteiger charge is 2.51. The normalized spacial score (nSPS) is 20.4. The van der Waals surface area contributed by atoms with Crippen LogP contribution in [0.15, 0.2) is 18.2 Å². The summed E-state index contributed by atoms with van der Waals surface area (Å²) in [6.45, 7) is 2.07. The molecule has 0 bridgehead atoms. The number of nitrogens with zero attached hydrogens (tertiary/aromatic N) is 1. The highest BCUT2D eigenvalue weighted by atomic mass is 19.4. The topological polar surface area (TPSA) is 83.4 Å². The summed E-state index contributed by atoms with van der Waals surface area (Å²) in [5.74, 6) is 0.564. The Morgan fingerprint density at radius 1 is 1.44 bits per heavy atom. The van der Waals surface area contributed by atoms with Gasteiger partial charge < -0.3 is 14.8 Å². The minimum atomic E-state index is -4.67. The molecule has 1 aliphatic heterocycles. The summed E-state index contributed by atoms with van der Waals surface area (Å²) in [5.41, 5.74) is -1.98. The Balaban J connectivity index is 1.61. The Morgan fingerprint density at radius 2 is 2.15 bits per heavy atom. The fraction of sp³-hybridized carbons (Fsp3) is 0.556. The predicted octanol–water partition coefficient (Wildman–Crippen LogP) is 4.44. The second-order valence-corrected chi connectivity index (χ2v) is 7.45. The molecular formula is C18H20F3N3O3. The minimum Gasteiger partial charge on any atom is -0.486 e. The van der Waals surface area contributed by atoms with Crippen LogP contribution < -0.4 is 15.4 Å². The Morgan fingerprint density at radius 3 is 2.74 bits per heavy atom. The predicted molar refractivity (Wildman–Crippen MR) is 91.5 cm³/mol. The maximum atomic E-state index is 12.8. The Hall–Kier alpha value is -2.63. The molecule has 0 aromatic heterocycles. The smallest absolute Gasteiger partial charge is 0.427 e. The number of nitriles is 1. The van der Waals surface area contributed by atoms with Gasteiger partial charge in [0.1, 0.15) is 11.9 Å². The van der Waals surface area contributed by atoms with Gasteiger partial charge in [-0.1, -0.05) is 0 Å². The third kappa shape index (κ3) is 4.21. The van der Waals surface area contributed by atoms with Crippen molar-refractivity contribution in [1.82, 2.24) is 0 Å². The lowest BCUT2D eigenvalue weighted by molar-refractivity contribution is -0.242. The van der Waals surface area contributed by atoms with Gasteiger partial charge in [0.05, 0.1) is 23.7 Å². The summed E-state index contributed by atoms with van der Waals surface area (Å²) in [5, 5.41) is 14.6. The monoisotopic (exact) mass is 383 g/mol. The fourth-order valence-corrected chi connectivity index (χ4v) is 2.79. The summed E-state index contributed by atoms with van der Waals surface area (Å²) in [6, 6.07) is 7.03. The standard InChI is InChI=1S/C18H20F3N3O3/c1-16(2,18(19,20)21)27-15(25)24-11-3-4-14-13(7-11)23-9-12(26-14)8-17(10-22)5-6-17/h3-4,7,12,23H,5-6,8-9H2,1-2H3,(H,24,25)/t12-/m0/s1. The zero-order chi connectivity index (χ0) is 19.9. The van der Waals surface area contributed by atoms with Crippen LogP contribution in [-0.2, 0) is 4.74 Å². The van der Waals surface area contributed by atoms with E-state index in [-0.39, 0.29) is 17.2 Å². The van der Waals surface area contributed by atoms with Crippen LogP contribution in [0.4, 0.5) is 29.3 Å². The molecule has 0 spiro atoms. The molecule has 9 heteroatoms. The van der Waals surface area contributed by atoms with Crippen LogP contribution >= 0.6 is 0 Å². The number of carbonyl (C=O) groups is 1. The molecule has 0 radical (unpaired) electrons. The van der Waals surface area contributed by atoms with Gasteiger partial charge in [-0.15, -0.1) is 0 Å². The van der Waals surface area contributed by atoms with Gasteiger partial charge in [0, 0.05) is 12.1 Å². The molecule has 1 heterocycles. The van der Waals surface area contributed by atoms with Gasteiger partial charge in [0.25, 0.3) is 0 Å². The number of fused-ring (bicyclic) bond motifs is 1. The quantitative estimate of drug-likeness (QED) is 0.803. The van der Waals surface area contributed by atoms with Gasteiger partial charge in [0.15, 0.2) is 0 Å². The maximum Gasteiger partial charge on any atom is 0.427 e. The van der Waals surface area contributed by atoms with E-state index in [0.29, 0.717) is 24.4 Å². The fourth-order valence-electron chi connectivity index (χ4n) is 2.79. The van der Waals surface area contributed by atoms with Gasteiger partial charge in [-0.2, -0.15) is 18.4 Å². The number of rotatable bonds is 4. The largest absolute Gasteiger partial charge is 0.486 e. The first-order chi connectivity index (χ1) is 12.5. The van der Waals surface area contributed by atoms with Gasteiger partial charge in [-0.25, -0.2) is 4.79 Å². The molecule has 1 atom stereocenters. The van der Waals surface area contributed by atoms with E-state index in [2.05, 4.69) is 21.4 Å². The lowest BCUT2D eigenvalue weighted by Crippen LogP contribution is -2.44. The SMILES string of the molecule is CC(C)(OC(=O)Nc1ccc2c(c1)NC[C@H](CC1(C#N)CC1)O2)C(F)(F)F. The molecule has 3 rings (SSSR count). The molecule has 1 aromatic carbocycles. The Labute approximate surface area is 154 Å². The Bertz CT molecular complexity index is 782. The van der Waals surface area contributed by atoms with Gasteiger partial charge >= 0.3 is 12.3 Å². The molecule has 1 fully saturated rings. The number of ether oxygens (including phenoxy) is 2. The van der Waals surface area contributed by atoms with E-state index in [1.165, 1.54) is 6.07 Å². The van der Waals surface area contributed by atoms with Gasteiger partial charge in [-0.05, 0) is 44.9 Å². The number of carbonyl (C=O) groups excluding carboxylic acids is 1. The molecular weight excluding hydrogens is 363 g/mol. The number of alkyl halides is 3. The summed E-state index contributed by atoms with van der Waals surface area (Å²) in [6.07, 6.45) is -3.58. The molecule has 146 valence electrons. The molecule has 0 unspecified atom stereocenters. The molecule has 6 nitrogen and oxygen atoms in total. The lowest BCUT2D eigenvalue weighted by Gasteiger charge is -2.29. The van der Waals surface area contributed by atoms with Crippen molar-refractivity contribution in [2.45, 2.75) is 51.0 Å². The van der Waals surface area contributed by atoms with E-state index in [9.17, 15) is 23.2 Å². The highest BCUT2D eigenvalue weighted by molar-refractivity contribution is 5.86. The van der Waals surface area contributed by atoms with Crippen molar-refractivity contribution in [3.05, 3.63) is 18.2 Å². The first-order valence-corrected chi connectivity index (χ1v) is 8.56. The molecule has 27 heavy (non-hydrogen) atoms. The number of anilines is 2. The number of hydrogen-bond donors (Lipinski definition) is 2. The minimum absolute atomic E-state index is 0.129. The van der Waals surface area contributed by atoms with E-state index < -0.39 is 17.9 Å². The van der Waals surface area contributed by atoms with Gasteiger partial charge in [0.2, 0.25) is 5.60 Å². The van der Waals surface area contributed by atoms with Crippen molar-refractivity contribution >= 4 is 17.5 Å². The van der Waals surface area contributed by atoms with E-state index in [1.807, 2.05) is 0 Å². The highest BCUT2D eigenvalue weighted by Crippen LogP contribution is 2.50. The summed E-state index contributed by atoms with van der Waals surface area (Å²) in [4.78, 5) is 11.8. The molecule has 0 saturated heterocycles. The third-order valence-corrected chi connectivity index (χ3v) is 4.78. The van der Waals surface area contributed by atoms with Crippen molar-refractivity contribution in [1.29, 1.82) is 5.26 Å². The average molecular weight is 383 g/mol. The number of halogens is 3. The summed E-state index contributed by atoms with van der Waals surface area (Å²) in [7, 11) is 0. The van der Waals surface area contributed by atoms with Crippen molar-refractivity contribution in [2.24, 2.45) is 5.41 Å². The lowest BCUT2D eigenvalue weighted by atomic mass is 9.99. The van der Waals surface area contributed by atoms with Crippen LogP contribution in [-0.4, -0.2) is 30.5 Å². The van der Waals surface area contributed by atoms with Crippen molar-refractivity contribution < 1.29 is 27.4 Å². The first-order valence-electron chi connectivity index (χ1n) is 8.56. The zero-order valence-corrected chi connectivity index (χ0v) is 14.9. The van der Waals surface area contributed by atoms with Crippen LogP contribution in [0.3, 0.4) is 0 Å². The van der Waals surface area contributed by atoms with Crippen LogP contribution in [0.25, 0.3) is 0 Å². The number of benzene rings is 1. The second-order valence-electron chi connectivity index (χ2n) is 7.45. The molecule has 1 aromatic rings. The average Bonchev–Trinajstić information content (AvgIpc) is 3.33. The van der Waals surface area contributed by atoms with E-state index in [0.717, 1.165) is 26.7 Å². The third-order valence-electron chi connectivity index (χ3n) is 4.78. The van der Waals surface area contributed by atoms with E-state index in [1.54, 1.807) is 12.1 Å². The van der Waals surface area contributed by atoms with Crippen molar-refractivity contribution in [3.63, 3.8) is 0 Å². The van der Waals surface area contributed by atoms with Crippen molar-refractivity contribution in [3.8, 4) is 11.8 Å². The van der Waals surface area contributed by atoms with E-state index in [4.69, 9.17) is 4.74 Å². The Kier molecular flexibility index (Phi) is 4.62. The molecule has 1 amide bonds. The molecule has 2 aliphatic rings. The number of amides is 1. The van der Waals surface area contributed by atoms with Crippen LogP contribution in [0.2, 0.25) is 0 Å². The molecule has 1 saturated carbocycles. The molecule has 1 aliphatic carbocycles. The van der Waals surface area contributed by atoms with Crippen LogP contribution in [0.5, 0.6) is 5.75 Å². The van der Waals surface area contributed by atoms with Crippen molar-refractivity contribution in [2.75, 3.05) is 17.2 Å². The van der Waals surface area contributed by atoms with Gasteiger partial charge in [-0.3, -0.25) is 5.32 Å². The maximum absolute atomic E-state index is 12.8. The van der Waals surface area contributed by atoms with E-state index >= 15 is 0 Å². The summed E-state index contributed by atoms with van der Waals surface area (Å²) < 4.78 is 48.7.